The van der Waals surface area contributed by atoms with E-state index < -0.39 is 11.8 Å². The molecule has 3 rings (SSSR count). The zero-order valence-corrected chi connectivity index (χ0v) is 16.4. The minimum atomic E-state index is -0.539. The second kappa shape index (κ2) is 7.38. The smallest absolute Gasteiger partial charge is 0.338 e. The molecule has 0 bridgehead atoms. The number of nitrogens with zero attached hydrogens (tertiary/aromatic N) is 2. The topological polar surface area (TPSA) is 83.2 Å². The van der Waals surface area contributed by atoms with Crippen LogP contribution in [0.5, 0.6) is 0 Å². The number of ether oxygens (including phenoxy) is 1. The Morgan fingerprint density at radius 3 is 2.32 bits per heavy atom. The van der Waals surface area contributed by atoms with Crippen molar-refractivity contribution in [1.82, 2.24) is 4.98 Å². The molecule has 0 unspecified atom stereocenters. The summed E-state index contributed by atoms with van der Waals surface area (Å²) in [6, 6.07) is 13.9. The van der Waals surface area contributed by atoms with Gasteiger partial charge in [0.05, 0.1) is 5.56 Å². The van der Waals surface area contributed by atoms with E-state index in [9.17, 15) is 14.8 Å². The van der Waals surface area contributed by atoms with E-state index >= 15 is 0 Å². The van der Waals surface area contributed by atoms with Crippen LogP contribution in [0.2, 0.25) is 0 Å². The third-order valence-corrected chi connectivity index (χ3v) is 4.49. The Kier molecular flexibility index (Phi) is 5.14. The van der Waals surface area contributed by atoms with Gasteiger partial charge in [0.2, 0.25) is 11.3 Å². The number of hydrogen-bond acceptors (Lipinski definition) is 5. The monoisotopic (exact) mass is 378 g/mol. The highest BCUT2D eigenvalue weighted by atomic mass is 16.5. The van der Waals surface area contributed by atoms with Crippen molar-refractivity contribution in [1.29, 1.82) is 0 Å². The predicted octanol–water partition coefficient (Wildman–Crippen LogP) is 3.73. The Labute approximate surface area is 163 Å². The Balaban J connectivity index is 1.86. The van der Waals surface area contributed by atoms with Gasteiger partial charge < -0.3 is 9.94 Å². The molecule has 0 aliphatic carbocycles. The van der Waals surface area contributed by atoms with Crippen molar-refractivity contribution in [2.45, 2.75) is 39.7 Å². The van der Waals surface area contributed by atoms with Crippen LogP contribution in [-0.2, 0) is 16.8 Å². The fourth-order valence-electron chi connectivity index (χ4n) is 2.94. The highest BCUT2D eigenvalue weighted by Crippen LogP contribution is 2.22. The maximum atomic E-state index is 12.6. The maximum absolute atomic E-state index is 12.6. The van der Waals surface area contributed by atoms with Gasteiger partial charge in [0.15, 0.2) is 5.69 Å². The minimum Gasteiger partial charge on any atom is -0.618 e. The molecule has 0 radical (unpaired) electrons. The average Bonchev–Trinajstić information content (AvgIpc) is 2.65. The van der Waals surface area contributed by atoms with Crippen molar-refractivity contribution < 1.29 is 19.1 Å². The standard InChI is InChI=1S/C22H22N2O4/c1-14(25)20-18(23-17-7-5-6-8-19(17)24(20)27)13-28-21(26)15-9-11-16(12-10-15)22(2,3)4/h5-12H,13H2,1-4H3. The second-order valence-electron chi connectivity index (χ2n) is 7.65. The molecule has 0 atom stereocenters. The third-order valence-electron chi connectivity index (χ3n) is 4.49. The van der Waals surface area contributed by atoms with Gasteiger partial charge in [-0.2, -0.15) is 4.73 Å². The summed E-state index contributed by atoms with van der Waals surface area (Å²) < 4.78 is 5.88. The molecule has 1 heterocycles. The first-order valence-electron chi connectivity index (χ1n) is 8.98. The molecule has 0 saturated heterocycles. The number of rotatable bonds is 4. The first-order chi connectivity index (χ1) is 13.2. The van der Waals surface area contributed by atoms with E-state index in [0.29, 0.717) is 21.3 Å². The molecule has 0 saturated carbocycles. The summed E-state index contributed by atoms with van der Waals surface area (Å²) in [6.07, 6.45) is 0. The van der Waals surface area contributed by atoms with Gasteiger partial charge in [-0.05, 0) is 29.2 Å². The summed E-state index contributed by atoms with van der Waals surface area (Å²) in [4.78, 5) is 28.7. The summed E-state index contributed by atoms with van der Waals surface area (Å²) in [5, 5.41) is 12.6. The first-order valence-corrected chi connectivity index (χ1v) is 8.98. The van der Waals surface area contributed by atoms with E-state index in [1.54, 1.807) is 36.4 Å². The van der Waals surface area contributed by atoms with E-state index in [1.807, 2.05) is 12.1 Å². The maximum Gasteiger partial charge on any atom is 0.338 e. The van der Waals surface area contributed by atoms with Crippen LogP contribution in [0.25, 0.3) is 11.0 Å². The van der Waals surface area contributed by atoms with Crippen molar-refractivity contribution >= 4 is 22.8 Å². The van der Waals surface area contributed by atoms with Gasteiger partial charge in [0.1, 0.15) is 12.1 Å². The predicted molar refractivity (Wildman–Crippen MR) is 105 cm³/mol. The highest BCUT2D eigenvalue weighted by Gasteiger charge is 2.24. The summed E-state index contributed by atoms with van der Waals surface area (Å²) in [5.41, 5.74) is 2.23. The highest BCUT2D eigenvalue weighted by molar-refractivity contribution is 5.93. The number of para-hydroxylation sites is 2. The summed E-state index contributed by atoms with van der Waals surface area (Å²) >= 11 is 0. The van der Waals surface area contributed by atoms with Crippen LogP contribution in [0.3, 0.4) is 0 Å². The second-order valence-corrected chi connectivity index (χ2v) is 7.65. The molecule has 0 fully saturated rings. The van der Waals surface area contributed by atoms with Crippen LogP contribution in [0.4, 0.5) is 0 Å². The van der Waals surface area contributed by atoms with Crippen LogP contribution in [0.1, 0.15) is 59.8 Å². The number of esters is 1. The molecule has 28 heavy (non-hydrogen) atoms. The number of fused-ring (bicyclic) bond motifs is 1. The van der Waals surface area contributed by atoms with Crippen molar-refractivity contribution in [2.75, 3.05) is 0 Å². The number of benzene rings is 2. The molecular weight excluding hydrogens is 356 g/mol. The molecule has 0 aliphatic heterocycles. The van der Waals surface area contributed by atoms with E-state index in [1.165, 1.54) is 6.92 Å². The van der Waals surface area contributed by atoms with Crippen molar-refractivity contribution in [3.8, 4) is 0 Å². The molecule has 0 aliphatic rings. The van der Waals surface area contributed by atoms with Crippen LogP contribution >= 0.6 is 0 Å². The number of carbonyl (C=O) groups excluding carboxylic acids is 2. The van der Waals surface area contributed by atoms with Gasteiger partial charge in [-0.1, -0.05) is 45.0 Å². The number of hydrogen-bond donors (Lipinski definition) is 0. The van der Waals surface area contributed by atoms with Gasteiger partial charge in [-0.25, -0.2) is 9.78 Å². The normalized spacial score (nSPS) is 11.4. The van der Waals surface area contributed by atoms with Gasteiger partial charge in [-0.15, -0.1) is 0 Å². The Hall–Kier alpha value is -3.28. The van der Waals surface area contributed by atoms with Gasteiger partial charge in [-0.3, -0.25) is 4.79 Å². The lowest BCUT2D eigenvalue weighted by Crippen LogP contribution is -2.37. The van der Waals surface area contributed by atoms with Crippen LogP contribution in [-0.4, -0.2) is 16.7 Å². The fourth-order valence-corrected chi connectivity index (χ4v) is 2.94. The van der Waals surface area contributed by atoms with Crippen molar-refractivity contribution in [2.24, 2.45) is 0 Å². The number of Topliss-reactive ketones (excluding diaryl/α,β-unsaturated/α-hetero) is 1. The van der Waals surface area contributed by atoms with E-state index in [-0.39, 0.29) is 23.4 Å². The van der Waals surface area contributed by atoms with Crippen LogP contribution in [0, 0.1) is 5.21 Å². The summed E-state index contributed by atoms with van der Waals surface area (Å²) in [5.74, 6) is -0.976. The molecule has 0 N–H and O–H groups in total. The molecule has 3 aromatic rings. The Bertz CT molecular complexity index is 1050. The zero-order chi connectivity index (χ0) is 20.5. The molecule has 144 valence electrons. The molecule has 0 spiro atoms. The van der Waals surface area contributed by atoms with Crippen LogP contribution in [0.15, 0.2) is 48.5 Å². The summed E-state index contributed by atoms with van der Waals surface area (Å²) in [6.45, 7) is 7.30. The molecule has 1 aromatic heterocycles. The lowest BCUT2D eigenvalue weighted by molar-refractivity contribution is -0.580. The number of carbonyl (C=O) groups is 2. The largest absolute Gasteiger partial charge is 0.618 e. The average molecular weight is 378 g/mol. The van der Waals surface area contributed by atoms with Crippen molar-refractivity contribution in [3.05, 3.63) is 76.3 Å². The third kappa shape index (κ3) is 3.86. The van der Waals surface area contributed by atoms with E-state index in [4.69, 9.17) is 4.74 Å². The SMILES string of the molecule is CC(=O)c1c(COC(=O)c2ccc(C(C)(C)C)cc2)nc2ccccc2[n+]1[O-]. The molecule has 2 aromatic carbocycles. The van der Waals surface area contributed by atoms with Crippen LogP contribution < -0.4 is 4.73 Å². The fraction of sp³-hybridized carbons (Fsp3) is 0.273. The van der Waals surface area contributed by atoms with Crippen molar-refractivity contribution in [3.63, 3.8) is 0 Å². The summed E-state index contributed by atoms with van der Waals surface area (Å²) in [7, 11) is 0. The Morgan fingerprint density at radius 2 is 1.71 bits per heavy atom. The lowest BCUT2D eigenvalue weighted by atomic mass is 9.87. The minimum absolute atomic E-state index is 0.0183. The molecule has 6 heteroatoms. The number of ketones is 1. The Morgan fingerprint density at radius 1 is 1.07 bits per heavy atom. The number of aromatic nitrogens is 2. The van der Waals surface area contributed by atoms with E-state index in [0.717, 1.165) is 5.56 Å². The lowest BCUT2D eigenvalue weighted by Gasteiger charge is -2.18. The zero-order valence-electron chi connectivity index (χ0n) is 16.4. The molecular formula is C22H22N2O4. The van der Waals surface area contributed by atoms with Gasteiger partial charge >= 0.3 is 5.97 Å². The molecule has 0 amide bonds. The quantitative estimate of drug-likeness (QED) is 0.299. The first kappa shape index (κ1) is 19.5. The molecule has 6 nitrogen and oxygen atoms in total. The van der Waals surface area contributed by atoms with Gasteiger partial charge in [0.25, 0.3) is 5.69 Å². The van der Waals surface area contributed by atoms with Gasteiger partial charge in [0, 0.05) is 13.0 Å². The van der Waals surface area contributed by atoms with E-state index in [2.05, 4.69) is 25.8 Å².